The summed E-state index contributed by atoms with van der Waals surface area (Å²) in [5, 5.41) is 7.78. The Morgan fingerprint density at radius 1 is 1.38 bits per heavy atom. The Labute approximate surface area is 98.6 Å². The lowest BCUT2D eigenvalue weighted by molar-refractivity contribution is 0.100. The van der Waals surface area contributed by atoms with Crippen LogP contribution in [0.25, 0.3) is 0 Å². The molecule has 16 heavy (non-hydrogen) atoms. The van der Waals surface area contributed by atoms with Gasteiger partial charge in [-0.1, -0.05) is 33.1 Å². The van der Waals surface area contributed by atoms with E-state index in [0.29, 0.717) is 5.92 Å². The monoisotopic (exact) mass is 252 g/mol. The van der Waals surface area contributed by atoms with Crippen LogP contribution in [-0.2, 0) is 9.09 Å². The SMILES string of the molecule is CCCCC(CC)COP(=O)(O)C(C)(C)O. The maximum atomic E-state index is 11.6. The summed E-state index contributed by atoms with van der Waals surface area (Å²) in [5.74, 6) is 0.294. The molecule has 0 amide bonds. The summed E-state index contributed by atoms with van der Waals surface area (Å²) in [7, 11) is -3.92. The molecule has 0 aliphatic heterocycles. The van der Waals surface area contributed by atoms with Crippen LogP contribution in [0.1, 0.15) is 53.4 Å². The average molecular weight is 252 g/mol. The Morgan fingerprint density at radius 3 is 2.31 bits per heavy atom. The molecule has 2 unspecified atom stereocenters. The molecule has 2 atom stereocenters. The van der Waals surface area contributed by atoms with E-state index in [1.54, 1.807) is 0 Å². The van der Waals surface area contributed by atoms with Gasteiger partial charge in [0.2, 0.25) is 0 Å². The summed E-state index contributed by atoms with van der Waals surface area (Å²) in [6.07, 6.45) is 4.13. The van der Waals surface area contributed by atoms with Crippen molar-refractivity contribution in [2.24, 2.45) is 5.92 Å². The van der Waals surface area contributed by atoms with E-state index in [1.807, 2.05) is 6.92 Å². The first-order valence-electron chi connectivity index (χ1n) is 5.94. The van der Waals surface area contributed by atoms with Gasteiger partial charge in [-0.2, -0.15) is 0 Å². The summed E-state index contributed by atoms with van der Waals surface area (Å²) in [6.45, 7) is 6.98. The molecule has 0 aliphatic carbocycles. The fourth-order valence-electron chi connectivity index (χ4n) is 1.26. The summed E-state index contributed by atoms with van der Waals surface area (Å²) in [4.78, 5) is 9.50. The van der Waals surface area contributed by atoms with Crippen LogP contribution >= 0.6 is 7.60 Å². The largest absolute Gasteiger partial charge is 0.378 e. The number of hydrogen-bond donors (Lipinski definition) is 2. The standard InChI is InChI=1S/C11H25O4P/c1-5-7-8-10(6-2)9-15-16(13,14)11(3,4)12/h10,12H,5-9H2,1-4H3,(H,13,14). The van der Waals surface area contributed by atoms with Crippen molar-refractivity contribution >= 4 is 7.60 Å². The number of aliphatic hydroxyl groups is 1. The Morgan fingerprint density at radius 2 is 1.94 bits per heavy atom. The molecule has 98 valence electrons. The maximum Gasteiger partial charge on any atom is 0.358 e. The molecule has 0 aromatic heterocycles. The number of hydrogen-bond acceptors (Lipinski definition) is 3. The van der Waals surface area contributed by atoms with Gasteiger partial charge in [0.25, 0.3) is 0 Å². The van der Waals surface area contributed by atoms with Gasteiger partial charge in [-0.15, -0.1) is 0 Å². The lowest BCUT2D eigenvalue weighted by Gasteiger charge is -2.25. The average Bonchev–Trinajstić information content (AvgIpc) is 2.16. The van der Waals surface area contributed by atoms with Gasteiger partial charge in [-0.05, 0) is 26.2 Å². The van der Waals surface area contributed by atoms with Gasteiger partial charge in [0, 0.05) is 0 Å². The molecule has 0 radical (unpaired) electrons. The molecule has 0 saturated heterocycles. The lowest BCUT2D eigenvalue weighted by Crippen LogP contribution is -2.22. The smallest absolute Gasteiger partial charge is 0.358 e. The third kappa shape index (κ3) is 5.44. The molecule has 5 heteroatoms. The normalized spacial score (nSPS) is 18.1. The number of rotatable bonds is 8. The molecule has 0 aromatic carbocycles. The van der Waals surface area contributed by atoms with Crippen molar-refractivity contribution in [3.63, 3.8) is 0 Å². The van der Waals surface area contributed by atoms with Gasteiger partial charge in [0.05, 0.1) is 6.61 Å². The quantitative estimate of drug-likeness (QED) is 0.651. The molecule has 0 bridgehead atoms. The van der Waals surface area contributed by atoms with E-state index in [-0.39, 0.29) is 6.61 Å². The summed E-state index contributed by atoms with van der Waals surface area (Å²) in [6, 6.07) is 0. The molecule has 0 fully saturated rings. The van der Waals surface area contributed by atoms with Crippen molar-refractivity contribution < 1.29 is 19.1 Å². The van der Waals surface area contributed by atoms with Gasteiger partial charge in [-0.3, -0.25) is 4.57 Å². The summed E-state index contributed by atoms with van der Waals surface area (Å²) < 4.78 is 16.6. The molecule has 0 spiro atoms. The van der Waals surface area contributed by atoms with Crippen LogP contribution < -0.4 is 0 Å². The third-order valence-electron chi connectivity index (χ3n) is 2.72. The van der Waals surface area contributed by atoms with Gasteiger partial charge in [0.1, 0.15) is 0 Å². The van der Waals surface area contributed by atoms with Gasteiger partial charge < -0.3 is 14.5 Å². The second kappa shape index (κ2) is 6.75. The van der Waals surface area contributed by atoms with Crippen LogP contribution in [0, 0.1) is 5.92 Å². The third-order valence-corrected chi connectivity index (χ3v) is 4.60. The van der Waals surface area contributed by atoms with Gasteiger partial charge >= 0.3 is 7.60 Å². The highest BCUT2D eigenvalue weighted by Crippen LogP contribution is 2.53. The van der Waals surface area contributed by atoms with E-state index in [1.165, 1.54) is 13.8 Å². The molecule has 2 N–H and O–H groups in total. The Balaban J connectivity index is 4.15. The Bertz CT molecular complexity index is 235. The van der Waals surface area contributed by atoms with Crippen molar-refractivity contribution in [2.75, 3.05) is 6.61 Å². The van der Waals surface area contributed by atoms with E-state index >= 15 is 0 Å². The second-order valence-corrected chi connectivity index (χ2v) is 7.12. The minimum atomic E-state index is -3.92. The first-order valence-corrected chi connectivity index (χ1v) is 7.52. The molecular weight excluding hydrogens is 227 g/mol. The van der Waals surface area contributed by atoms with Crippen LogP contribution in [0.4, 0.5) is 0 Å². The molecule has 0 rings (SSSR count). The van der Waals surface area contributed by atoms with E-state index in [9.17, 15) is 14.6 Å². The second-order valence-electron chi connectivity index (χ2n) is 4.73. The Hall–Kier alpha value is 0.110. The highest BCUT2D eigenvalue weighted by atomic mass is 31.2. The molecule has 0 aromatic rings. The summed E-state index contributed by atoms with van der Waals surface area (Å²) in [5.41, 5.74) is 0. The van der Waals surface area contributed by atoms with Crippen LogP contribution in [0.5, 0.6) is 0 Å². The van der Waals surface area contributed by atoms with Crippen LogP contribution in [0.15, 0.2) is 0 Å². The van der Waals surface area contributed by atoms with Crippen molar-refractivity contribution in [3.05, 3.63) is 0 Å². The van der Waals surface area contributed by atoms with Crippen molar-refractivity contribution in [3.8, 4) is 0 Å². The van der Waals surface area contributed by atoms with E-state index in [2.05, 4.69) is 6.92 Å². The minimum absolute atomic E-state index is 0.244. The highest BCUT2D eigenvalue weighted by Gasteiger charge is 2.38. The molecule has 4 nitrogen and oxygen atoms in total. The zero-order valence-corrected chi connectivity index (χ0v) is 11.7. The van der Waals surface area contributed by atoms with Crippen molar-refractivity contribution in [1.82, 2.24) is 0 Å². The first-order chi connectivity index (χ1) is 7.24. The van der Waals surface area contributed by atoms with E-state index in [4.69, 9.17) is 4.52 Å². The Kier molecular flexibility index (Phi) is 6.80. The van der Waals surface area contributed by atoms with Gasteiger partial charge in [0.15, 0.2) is 5.34 Å². The topological polar surface area (TPSA) is 66.8 Å². The first kappa shape index (κ1) is 16.1. The highest BCUT2D eigenvalue weighted by molar-refractivity contribution is 7.54. The van der Waals surface area contributed by atoms with Crippen LogP contribution in [0.3, 0.4) is 0 Å². The number of unbranched alkanes of at least 4 members (excludes halogenated alkanes) is 1. The molecule has 0 heterocycles. The predicted molar refractivity (Wildman–Crippen MR) is 65.4 cm³/mol. The fourth-order valence-corrected chi connectivity index (χ4v) is 1.99. The van der Waals surface area contributed by atoms with E-state index < -0.39 is 12.9 Å². The van der Waals surface area contributed by atoms with Crippen LogP contribution in [-0.4, -0.2) is 21.9 Å². The predicted octanol–water partition coefficient (Wildman–Crippen LogP) is 3.13. The van der Waals surface area contributed by atoms with Crippen molar-refractivity contribution in [2.45, 2.75) is 58.7 Å². The molecular formula is C11H25O4P. The zero-order chi connectivity index (χ0) is 12.8. The lowest BCUT2D eigenvalue weighted by atomic mass is 10.0. The molecule has 0 saturated carbocycles. The van der Waals surface area contributed by atoms with E-state index in [0.717, 1.165) is 25.7 Å². The van der Waals surface area contributed by atoms with Gasteiger partial charge in [-0.25, -0.2) is 0 Å². The maximum absolute atomic E-state index is 11.6. The fraction of sp³-hybridized carbons (Fsp3) is 1.00. The summed E-state index contributed by atoms with van der Waals surface area (Å²) >= 11 is 0. The zero-order valence-electron chi connectivity index (χ0n) is 10.8. The molecule has 0 aliphatic rings. The van der Waals surface area contributed by atoms with Crippen LogP contribution in [0.2, 0.25) is 0 Å². The minimum Gasteiger partial charge on any atom is -0.378 e. The van der Waals surface area contributed by atoms with Crippen molar-refractivity contribution in [1.29, 1.82) is 0 Å².